The van der Waals surface area contributed by atoms with E-state index in [2.05, 4.69) is 6.58 Å². The SMILES string of the molecule is C=CC(=O)OCCCCOC(=O)C(c1ccccc1)N(N)S(=O)(=O)c1ccccc1C. The first kappa shape index (κ1) is 24.3. The number of hydrogen-bond donors (Lipinski definition) is 1. The second-order valence-corrected chi connectivity index (χ2v) is 8.47. The Kier molecular flexibility index (Phi) is 8.92. The van der Waals surface area contributed by atoms with Gasteiger partial charge in [-0.2, -0.15) is 0 Å². The monoisotopic (exact) mass is 446 g/mol. The quantitative estimate of drug-likeness (QED) is 0.185. The van der Waals surface area contributed by atoms with Gasteiger partial charge in [0.1, 0.15) is 0 Å². The molecule has 0 heterocycles. The van der Waals surface area contributed by atoms with Crippen molar-refractivity contribution >= 4 is 22.0 Å². The fourth-order valence-electron chi connectivity index (χ4n) is 2.81. The molecule has 2 aromatic carbocycles. The molecule has 0 saturated heterocycles. The third kappa shape index (κ3) is 6.48. The molecule has 166 valence electrons. The van der Waals surface area contributed by atoms with Gasteiger partial charge in [0.2, 0.25) is 0 Å². The summed E-state index contributed by atoms with van der Waals surface area (Å²) in [6.07, 6.45) is 1.96. The van der Waals surface area contributed by atoms with E-state index in [-0.39, 0.29) is 18.1 Å². The van der Waals surface area contributed by atoms with Gasteiger partial charge in [0.15, 0.2) is 6.04 Å². The van der Waals surface area contributed by atoms with E-state index in [0.29, 0.717) is 28.4 Å². The number of unbranched alkanes of at least 4 members (excludes halogenated alkanes) is 1. The van der Waals surface area contributed by atoms with E-state index in [4.69, 9.17) is 15.3 Å². The number of benzene rings is 2. The molecule has 0 aliphatic heterocycles. The predicted octanol–water partition coefficient (Wildman–Crippen LogP) is 2.65. The van der Waals surface area contributed by atoms with Crippen LogP contribution in [0.1, 0.15) is 30.0 Å². The first-order valence-corrected chi connectivity index (χ1v) is 11.1. The van der Waals surface area contributed by atoms with Crippen LogP contribution in [0.2, 0.25) is 0 Å². The van der Waals surface area contributed by atoms with Crippen molar-refractivity contribution in [2.45, 2.75) is 30.7 Å². The lowest BCUT2D eigenvalue weighted by molar-refractivity contribution is -0.149. The van der Waals surface area contributed by atoms with E-state index < -0.39 is 28.0 Å². The highest BCUT2D eigenvalue weighted by atomic mass is 32.2. The van der Waals surface area contributed by atoms with Crippen molar-refractivity contribution in [1.82, 2.24) is 4.41 Å². The number of nitrogens with two attached hydrogens (primary N) is 1. The predicted molar refractivity (Wildman–Crippen MR) is 115 cm³/mol. The lowest BCUT2D eigenvalue weighted by atomic mass is 10.1. The molecule has 0 aliphatic carbocycles. The van der Waals surface area contributed by atoms with Crippen LogP contribution >= 0.6 is 0 Å². The molecule has 0 aromatic heterocycles. The molecule has 2 rings (SSSR count). The fraction of sp³-hybridized carbons (Fsp3) is 0.273. The van der Waals surface area contributed by atoms with Crippen molar-refractivity contribution in [1.29, 1.82) is 0 Å². The van der Waals surface area contributed by atoms with Crippen LogP contribution in [-0.4, -0.2) is 38.0 Å². The number of ether oxygens (including phenoxy) is 2. The maximum absolute atomic E-state index is 13.1. The van der Waals surface area contributed by atoms with E-state index in [1.54, 1.807) is 55.5 Å². The van der Waals surface area contributed by atoms with Gasteiger partial charge in [-0.3, -0.25) is 5.84 Å². The van der Waals surface area contributed by atoms with Crippen LogP contribution in [0.5, 0.6) is 0 Å². The van der Waals surface area contributed by atoms with E-state index in [0.717, 1.165) is 6.08 Å². The Morgan fingerprint density at radius 3 is 2.23 bits per heavy atom. The maximum Gasteiger partial charge on any atom is 0.330 e. The number of aryl methyl sites for hydroxylation is 1. The fourth-order valence-corrected chi connectivity index (χ4v) is 4.25. The Balaban J connectivity index is 2.14. The van der Waals surface area contributed by atoms with Crippen LogP contribution in [-0.2, 0) is 29.1 Å². The highest BCUT2D eigenvalue weighted by Crippen LogP contribution is 2.27. The molecule has 1 unspecified atom stereocenters. The molecule has 0 amide bonds. The first-order valence-electron chi connectivity index (χ1n) is 9.64. The van der Waals surface area contributed by atoms with Gasteiger partial charge in [0, 0.05) is 6.08 Å². The topological polar surface area (TPSA) is 116 Å². The average molecular weight is 447 g/mol. The number of rotatable bonds is 11. The molecule has 2 aromatic rings. The van der Waals surface area contributed by atoms with Crippen LogP contribution in [0.4, 0.5) is 0 Å². The molecule has 0 radical (unpaired) electrons. The summed E-state index contributed by atoms with van der Waals surface area (Å²) in [5.41, 5.74) is 0.888. The normalized spacial score (nSPS) is 12.2. The van der Waals surface area contributed by atoms with Crippen LogP contribution in [0.25, 0.3) is 0 Å². The highest BCUT2D eigenvalue weighted by molar-refractivity contribution is 7.89. The molecule has 0 bridgehead atoms. The third-order valence-corrected chi connectivity index (χ3v) is 6.22. The van der Waals surface area contributed by atoms with Crippen molar-refractivity contribution in [3.63, 3.8) is 0 Å². The van der Waals surface area contributed by atoms with E-state index >= 15 is 0 Å². The molecule has 0 spiro atoms. The summed E-state index contributed by atoms with van der Waals surface area (Å²) in [5, 5.41) is 0. The van der Waals surface area contributed by atoms with Gasteiger partial charge in [-0.05, 0) is 37.0 Å². The van der Waals surface area contributed by atoms with Crippen LogP contribution in [0.15, 0.2) is 72.1 Å². The van der Waals surface area contributed by atoms with Crippen molar-refractivity contribution in [2.75, 3.05) is 13.2 Å². The number of hydrogen-bond acceptors (Lipinski definition) is 7. The minimum Gasteiger partial charge on any atom is -0.464 e. The number of carbonyl (C=O) groups is 2. The second-order valence-electron chi connectivity index (χ2n) is 6.66. The van der Waals surface area contributed by atoms with Crippen molar-refractivity contribution in [3.8, 4) is 0 Å². The highest BCUT2D eigenvalue weighted by Gasteiger charge is 2.36. The van der Waals surface area contributed by atoms with E-state index in [1.165, 1.54) is 6.07 Å². The summed E-state index contributed by atoms with van der Waals surface area (Å²) in [6.45, 7) is 5.13. The number of carbonyl (C=O) groups excluding carboxylic acids is 2. The molecule has 0 fully saturated rings. The molecule has 9 heteroatoms. The number of esters is 2. The van der Waals surface area contributed by atoms with Crippen LogP contribution in [0.3, 0.4) is 0 Å². The zero-order valence-corrected chi connectivity index (χ0v) is 18.1. The second kappa shape index (κ2) is 11.4. The Morgan fingerprint density at radius 1 is 1.03 bits per heavy atom. The van der Waals surface area contributed by atoms with E-state index in [1.807, 2.05) is 0 Å². The Labute approximate surface area is 182 Å². The van der Waals surface area contributed by atoms with Gasteiger partial charge in [0.05, 0.1) is 18.1 Å². The molecule has 0 saturated carbocycles. The lowest BCUT2D eigenvalue weighted by Crippen LogP contribution is -2.44. The number of sulfonamides is 1. The first-order chi connectivity index (χ1) is 14.8. The number of nitrogens with zero attached hydrogens (tertiary/aromatic N) is 1. The average Bonchev–Trinajstić information content (AvgIpc) is 2.76. The summed E-state index contributed by atoms with van der Waals surface area (Å²) in [6, 6.07) is 13.3. The van der Waals surface area contributed by atoms with Gasteiger partial charge in [-0.1, -0.05) is 55.1 Å². The Morgan fingerprint density at radius 2 is 1.61 bits per heavy atom. The summed E-state index contributed by atoms with van der Waals surface area (Å²) in [7, 11) is -4.17. The minimum absolute atomic E-state index is 0.00951. The molecule has 31 heavy (non-hydrogen) atoms. The van der Waals surface area contributed by atoms with Gasteiger partial charge in [-0.25, -0.2) is 18.0 Å². The molecule has 1 atom stereocenters. The number of hydrazine groups is 1. The van der Waals surface area contributed by atoms with E-state index in [9.17, 15) is 18.0 Å². The Hall–Kier alpha value is -3.01. The summed E-state index contributed by atoms with van der Waals surface area (Å²) < 4.78 is 36.9. The van der Waals surface area contributed by atoms with Crippen molar-refractivity contribution in [3.05, 3.63) is 78.4 Å². The van der Waals surface area contributed by atoms with Gasteiger partial charge in [-0.15, -0.1) is 4.41 Å². The van der Waals surface area contributed by atoms with Crippen molar-refractivity contribution in [2.24, 2.45) is 5.84 Å². The van der Waals surface area contributed by atoms with Gasteiger partial charge in [0.25, 0.3) is 10.0 Å². The standard InChI is InChI=1S/C22H26N2O6S/c1-3-20(25)29-15-9-10-16-30-22(26)21(18-12-5-4-6-13-18)24(23)31(27,28)19-14-8-7-11-17(19)2/h3-8,11-14,21H,1,9-10,15-16,23H2,2H3. The summed E-state index contributed by atoms with van der Waals surface area (Å²) in [5.74, 6) is 4.68. The summed E-state index contributed by atoms with van der Waals surface area (Å²) in [4.78, 5) is 23.8. The molecule has 2 N–H and O–H groups in total. The zero-order chi connectivity index (χ0) is 22.9. The zero-order valence-electron chi connectivity index (χ0n) is 17.3. The Bertz CT molecular complexity index is 1010. The third-order valence-electron chi connectivity index (χ3n) is 4.44. The smallest absolute Gasteiger partial charge is 0.330 e. The summed E-state index contributed by atoms with van der Waals surface area (Å²) >= 11 is 0. The van der Waals surface area contributed by atoms with Gasteiger partial charge < -0.3 is 9.47 Å². The van der Waals surface area contributed by atoms with Gasteiger partial charge >= 0.3 is 11.9 Å². The molecular weight excluding hydrogens is 420 g/mol. The molecule has 0 aliphatic rings. The maximum atomic E-state index is 13.1. The minimum atomic E-state index is -4.17. The van der Waals surface area contributed by atoms with Crippen LogP contribution < -0.4 is 5.84 Å². The molecule has 8 nitrogen and oxygen atoms in total. The van der Waals surface area contributed by atoms with Crippen LogP contribution in [0, 0.1) is 6.92 Å². The largest absolute Gasteiger partial charge is 0.464 e. The van der Waals surface area contributed by atoms with Crippen molar-refractivity contribution < 1.29 is 27.5 Å². The molecular formula is C22H26N2O6S. The lowest BCUT2D eigenvalue weighted by Gasteiger charge is -2.26.